The van der Waals surface area contributed by atoms with Crippen molar-refractivity contribution in [2.45, 2.75) is 6.54 Å². The van der Waals surface area contributed by atoms with Crippen molar-refractivity contribution >= 4 is 23.1 Å². The third-order valence-electron chi connectivity index (χ3n) is 2.70. The zero-order valence-corrected chi connectivity index (χ0v) is 8.34. The molecule has 4 nitrogen and oxygen atoms in total. The fourth-order valence-corrected chi connectivity index (χ4v) is 1.92. The van der Waals surface area contributed by atoms with Crippen LogP contribution in [0.4, 0.5) is 4.79 Å². The molecule has 0 saturated carbocycles. The zero-order chi connectivity index (χ0) is 11.1. The first kappa shape index (κ1) is 9.03. The molecule has 0 saturated heterocycles. The lowest BCUT2D eigenvalue weighted by Crippen LogP contribution is -2.37. The second-order valence-corrected chi connectivity index (χ2v) is 3.65. The number of nitrogens with zero attached hydrogens (tertiary/aromatic N) is 1. The van der Waals surface area contributed by atoms with Crippen LogP contribution in [0.15, 0.2) is 34.9 Å². The van der Waals surface area contributed by atoms with Crippen LogP contribution in [-0.2, 0) is 6.54 Å². The molecule has 0 N–H and O–H groups in total. The molecule has 1 aliphatic heterocycles. The summed E-state index contributed by atoms with van der Waals surface area (Å²) in [5, 5.41) is 11.7. The van der Waals surface area contributed by atoms with Gasteiger partial charge in [0.1, 0.15) is 17.4 Å². The maximum absolute atomic E-state index is 10.8. The molecular weight excluding hydrogens is 206 g/mol. The Morgan fingerprint density at radius 1 is 1.38 bits per heavy atom. The van der Waals surface area contributed by atoms with Crippen molar-refractivity contribution in [3.8, 4) is 0 Å². The third kappa shape index (κ3) is 1.20. The SMILES string of the molecule is O=C([O-])N1C=Cc2oc3ccccc3c2C1. The molecule has 0 fully saturated rings. The summed E-state index contributed by atoms with van der Waals surface area (Å²) in [4.78, 5) is 11.9. The van der Waals surface area contributed by atoms with Crippen LogP contribution in [0.2, 0.25) is 0 Å². The topological polar surface area (TPSA) is 56.5 Å². The minimum atomic E-state index is -1.20. The first-order valence-electron chi connectivity index (χ1n) is 4.92. The van der Waals surface area contributed by atoms with Crippen LogP contribution in [0.3, 0.4) is 0 Å². The van der Waals surface area contributed by atoms with E-state index in [2.05, 4.69) is 0 Å². The summed E-state index contributed by atoms with van der Waals surface area (Å²) in [6.07, 6.45) is 1.90. The van der Waals surface area contributed by atoms with E-state index in [1.165, 1.54) is 6.20 Å². The summed E-state index contributed by atoms with van der Waals surface area (Å²) in [7, 11) is 0. The molecule has 2 aromatic rings. The van der Waals surface area contributed by atoms with Crippen molar-refractivity contribution < 1.29 is 14.3 Å². The third-order valence-corrected chi connectivity index (χ3v) is 2.70. The molecule has 1 aliphatic rings. The molecule has 1 aromatic heterocycles. The Labute approximate surface area is 91.4 Å². The minimum absolute atomic E-state index is 0.283. The molecule has 1 aromatic carbocycles. The van der Waals surface area contributed by atoms with E-state index in [0.29, 0.717) is 0 Å². The molecule has 1 amide bonds. The summed E-state index contributed by atoms with van der Waals surface area (Å²) in [6.45, 7) is 0.283. The lowest BCUT2D eigenvalue weighted by atomic mass is 10.1. The highest BCUT2D eigenvalue weighted by Crippen LogP contribution is 2.30. The number of benzene rings is 1. The van der Waals surface area contributed by atoms with Gasteiger partial charge < -0.3 is 19.2 Å². The first-order chi connectivity index (χ1) is 7.75. The second-order valence-electron chi connectivity index (χ2n) is 3.65. The van der Waals surface area contributed by atoms with Gasteiger partial charge in [-0.2, -0.15) is 0 Å². The van der Waals surface area contributed by atoms with Gasteiger partial charge in [-0.15, -0.1) is 0 Å². The van der Waals surface area contributed by atoms with Crippen molar-refractivity contribution in [2.24, 2.45) is 0 Å². The minimum Gasteiger partial charge on any atom is -0.530 e. The fourth-order valence-electron chi connectivity index (χ4n) is 1.92. The van der Waals surface area contributed by atoms with Crippen LogP contribution < -0.4 is 5.11 Å². The number of carbonyl (C=O) groups is 1. The first-order valence-corrected chi connectivity index (χ1v) is 4.92. The van der Waals surface area contributed by atoms with E-state index in [4.69, 9.17) is 4.42 Å². The van der Waals surface area contributed by atoms with E-state index in [1.54, 1.807) is 6.08 Å². The predicted octanol–water partition coefficient (Wildman–Crippen LogP) is 1.56. The van der Waals surface area contributed by atoms with Gasteiger partial charge in [0.2, 0.25) is 0 Å². The van der Waals surface area contributed by atoms with Gasteiger partial charge in [0.25, 0.3) is 0 Å². The van der Waals surface area contributed by atoms with Crippen LogP contribution in [0.1, 0.15) is 11.3 Å². The van der Waals surface area contributed by atoms with E-state index in [9.17, 15) is 9.90 Å². The number of para-hydroxylation sites is 1. The Morgan fingerprint density at radius 3 is 3.00 bits per heavy atom. The van der Waals surface area contributed by atoms with E-state index in [1.807, 2.05) is 24.3 Å². The van der Waals surface area contributed by atoms with Crippen LogP contribution in [0, 0.1) is 0 Å². The van der Waals surface area contributed by atoms with E-state index < -0.39 is 6.09 Å². The standard InChI is InChI=1S/C12H9NO3/c14-12(15)13-6-5-11-9(7-13)8-3-1-2-4-10(8)16-11/h1-6H,7H2,(H,14,15)/p-1. The summed E-state index contributed by atoms with van der Waals surface area (Å²) >= 11 is 0. The maximum atomic E-state index is 10.8. The molecular formula is C12H8NO3-. The highest BCUT2D eigenvalue weighted by atomic mass is 16.4. The number of hydrogen-bond donors (Lipinski definition) is 0. The van der Waals surface area contributed by atoms with Crippen LogP contribution in [0.25, 0.3) is 17.0 Å². The Balaban J connectivity index is 2.17. The second kappa shape index (κ2) is 3.13. The number of carbonyl (C=O) groups excluding carboxylic acids is 1. The normalized spacial score (nSPS) is 14.1. The Kier molecular flexibility index (Phi) is 1.77. The average molecular weight is 214 g/mol. The summed E-state index contributed by atoms with van der Waals surface area (Å²) in [6, 6.07) is 7.58. The molecule has 0 radical (unpaired) electrons. The molecule has 4 heteroatoms. The van der Waals surface area contributed by atoms with Gasteiger partial charge in [-0.3, -0.25) is 0 Å². The van der Waals surface area contributed by atoms with E-state index in [0.717, 1.165) is 27.2 Å². The van der Waals surface area contributed by atoms with E-state index >= 15 is 0 Å². The Hall–Kier alpha value is -2.23. The largest absolute Gasteiger partial charge is 0.530 e. The van der Waals surface area contributed by atoms with Gasteiger partial charge in [0.05, 0.1) is 6.54 Å². The number of hydrogen-bond acceptors (Lipinski definition) is 3. The molecule has 0 aliphatic carbocycles. The molecule has 0 bridgehead atoms. The quantitative estimate of drug-likeness (QED) is 0.668. The van der Waals surface area contributed by atoms with Gasteiger partial charge in [0, 0.05) is 17.1 Å². The molecule has 16 heavy (non-hydrogen) atoms. The predicted molar refractivity (Wildman–Crippen MR) is 56.2 cm³/mol. The number of furan rings is 1. The molecule has 80 valence electrons. The van der Waals surface area contributed by atoms with Gasteiger partial charge in [0.15, 0.2) is 0 Å². The number of fused-ring (bicyclic) bond motifs is 3. The van der Waals surface area contributed by atoms with Crippen molar-refractivity contribution in [1.29, 1.82) is 0 Å². The fraction of sp³-hybridized carbons (Fsp3) is 0.0833. The summed E-state index contributed by atoms with van der Waals surface area (Å²) in [5.74, 6) is 0.721. The van der Waals surface area contributed by atoms with Gasteiger partial charge in [-0.05, 0) is 12.1 Å². The highest BCUT2D eigenvalue weighted by Gasteiger charge is 2.18. The van der Waals surface area contributed by atoms with Crippen molar-refractivity contribution in [2.75, 3.05) is 0 Å². The monoisotopic (exact) mass is 214 g/mol. The molecule has 0 atom stereocenters. The Morgan fingerprint density at radius 2 is 2.19 bits per heavy atom. The van der Waals surface area contributed by atoms with Gasteiger partial charge in [-0.1, -0.05) is 18.2 Å². The van der Waals surface area contributed by atoms with Crippen LogP contribution in [-0.4, -0.2) is 11.0 Å². The zero-order valence-electron chi connectivity index (χ0n) is 8.34. The summed E-state index contributed by atoms with van der Waals surface area (Å²) in [5.41, 5.74) is 1.67. The van der Waals surface area contributed by atoms with Crippen molar-refractivity contribution in [3.63, 3.8) is 0 Å². The lowest BCUT2D eigenvalue weighted by molar-refractivity contribution is -0.263. The maximum Gasteiger partial charge on any atom is 0.141 e. The highest BCUT2D eigenvalue weighted by molar-refractivity contribution is 5.86. The summed E-state index contributed by atoms with van der Waals surface area (Å²) < 4.78 is 5.59. The average Bonchev–Trinajstić information content (AvgIpc) is 2.66. The Bertz CT molecular complexity index is 597. The van der Waals surface area contributed by atoms with E-state index in [-0.39, 0.29) is 6.54 Å². The van der Waals surface area contributed by atoms with Crippen LogP contribution in [0.5, 0.6) is 0 Å². The van der Waals surface area contributed by atoms with Crippen LogP contribution >= 0.6 is 0 Å². The molecule has 0 unspecified atom stereocenters. The molecule has 0 spiro atoms. The van der Waals surface area contributed by atoms with Gasteiger partial charge in [-0.25, -0.2) is 0 Å². The number of rotatable bonds is 0. The molecule has 2 heterocycles. The van der Waals surface area contributed by atoms with Crippen molar-refractivity contribution in [3.05, 3.63) is 41.8 Å². The van der Waals surface area contributed by atoms with Gasteiger partial charge >= 0.3 is 0 Å². The smallest absolute Gasteiger partial charge is 0.141 e. The number of carboxylic acid groups (broad SMARTS) is 1. The van der Waals surface area contributed by atoms with Crippen molar-refractivity contribution in [1.82, 2.24) is 4.90 Å². The lowest BCUT2D eigenvalue weighted by Gasteiger charge is -2.23. The molecule has 3 rings (SSSR count). The number of amides is 1.